The number of aliphatic hydroxyl groups is 1. The molecule has 1 aliphatic rings. The van der Waals surface area contributed by atoms with Gasteiger partial charge in [0.1, 0.15) is 11.9 Å². The van der Waals surface area contributed by atoms with Crippen molar-refractivity contribution in [3.05, 3.63) is 53.6 Å². The number of rotatable bonds is 5. The number of benzene rings is 1. The van der Waals surface area contributed by atoms with E-state index in [1.165, 1.54) is 18.2 Å². The molecule has 0 radical (unpaired) electrons. The minimum absolute atomic E-state index is 0.0429. The van der Waals surface area contributed by atoms with Gasteiger partial charge in [0.25, 0.3) is 5.91 Å². The third kappa shape index (κ3) is 3.59. The maximum atomic E-state index is 13.3. The zero-order chi connectivity index (χ0) is 19.0. The Morgan fingerprint density at radius 2 is 2.15 bits per heavy atom. The highest BCUT2D eigenvalue weighted by atomic mass is 19.1. The first-order valence-electron chi connectivity index (χ1n) is 8.54. The fourth-order valence-corrected chi connectivity index (χ4v) is 2.94. The summed E-state index contributed by atoms with van der Waals surface area (Å²) in [4.78, 5) is 12.3. The minimum atomic E-state index is -0.804. The molecule has 3 aromatic rings. The van der Waals surface area contributed by atoms with Crippen LogP contribution in [-0.2, 0) is 0 Å². The molecule has 1 atom stereocenters. The Labute approximate surface area is 153 Å². The molecular formula is C18H17FN4O4. The van der Waals surface area contributed by atoms with Crippen LogP contribution in [0.5, 0.6) is 0 Å². The van der Waals surface area contributed by atoms with Gasteiger partial charge < -0.3 is 19.4 Å². The van der Waals surface area contributed by atoms with E-state index in [4.69, 9.17) is 8.94 Å². The first-order valence-corrected chi connectivity index (χ1v) is 8.54. The molecule has 0 bridgehead atoms. The summed E-state index contributed by atoms with van der Waals surface area (Å²) in [6, 6.07) is 7.31. The zero-order valence-electron chi connectivity index (χ0n) is 14.4. The Balaban J connectivity index is 1.34. The molecular weight excluding hydrogens is 355 g/mol. The highest BCUT2D eigenvalue weighted by Crippen LogP contribution is 2.36. The van der Waals surface area contributed by atoms with Crippen LogP contribution in [-0.4, -0.2) is 32.4 Å². The highest BCUT2D eigenvalue weighted by Gasteiger charge is 2.36. The summed E-state index contributed by atoms with van der Waals surface area (Å²) in [6.07, 6.45) is 0.505. The van der Waals surface area contributed by atoms with Crippen LogP contribution < -0.4 is 5.32 Å². The van der Waals surface area contributed by atoms with Crippen LogP contribution in [0.15, 0.2) is 39.3 Å². The van der Waals surface area contributed by atoms with Crippen LogP contribution >= 0.6 is 0 Å². The van der Waals surface area contributed by atoms with Gasteiger partial charge in [0, 0.05) is 23.6 Å². The van der Waals surface area contributed by atoms with Gasteiger partial charge in [-0.25, -0.2) is 4.39 Å². The fraction of sp³-hybridized carbons (Fsp3) is 0.333. The topological polar surface area (TPSA) is 114 Å². The monoisotopic (exact) mass is 372 g/mol. The number of nitrogens with zero attached hydrogens (tertiary/aromatic N) is 3. The predicted molar refractivity (Wildman–Crippen MR) is 90.1 cm³/mol. The average molecular weight is 372 g/mol. The molecule has 1 fully saturated rings. The van der Waals surface area contributed by atoms with Crippen LogP contribution in [0.2, 0.25) is 0 Å². The lowest BCUT2D eigenvalue weighted by atomic mass is 9.80. The molecule has 2 N–H and O–H groups in total. The molecule has 1 saturated carbocycles. The molecule has 0 spiro atoms. The van der Waals surface area contributed by atoms with Gasteiger partial charge in [-0.2, -0.15) is 0 Å². The van der Waals surface area contributed by atoms with E-state index in [0.717, 1.165) is 0 Å². The van der Waals surface area contributed by atoms with Crippen molar-refractivity contribution in [2.45, 2.75) is 37.8 Å². The van der Waals surface area contributed by atoms with Gasteiger partial charge in [0.15, 0.2) is 11.5 Å². The van der Waals surface area contributed by atoms with E-state index < -0.39 is 11.9 Å². The molecule has 140 valence electrons. The van der Waals surface area contributed by atoms with E-state index >= 15 is 0 Å². The molecule has 0 saturated heterocycles. The van der Waals surface area contributed by atoms with Crippen molar-refractivity contribution in [3.8, 4) is 11.3 Å². The molecule has 0 aliphatic heterocycles. The van der Waals surface area contributed by atoms with Crippen molar-refractivity contribution in [2.75, 3.05) is 0 Å². The van der Waals surface area contributed by atoms with E-state index in [1.54, 1.807) is 19.1 Å². The van der Waals surface area contributed by atoms with Gasteiger partial charge in [0.05, 0.1) is 0 Å². The number of aromatic nitrogens is 3. The Morgan fingerprint density at radius 1 is 1.33 bits per heavy atom. The molecule has 2 heterocycles. The summed E-state index contributed by atoms with van der Waals surface area (Å²) in [5.41, 5.74) is 0.641. The Bertz CT molecular complexity index is 962. The Hall–Kier alpha value is -3.07. The second kappa shape index (κ2) is 6.92. The number of aliphatic hydroxyl groups excluding tert-OH is 1. The van der Waals surface area contributed by atoms with Crippen LogP contribution in [0.3, 0.4) is 0 Å². The van der Waals surface area contributed by atoms with Crippen LogP contribution in [0.25, 0.3) is 11.3 Å². The summed E-state index contributed by atoms with van der Waals surface area (Å²) < 4.78 is 23.8. The molecule has 2 aromatic heterocycles. The number of carbonyl (C=O) groups is 1. The van der Waals surface area contributed by atoms with Crippen LogP contribution in [0.1, 0.15) is 54.1 Å². The van der Waals surface area contributed by atoms with Crippen LogP contribution in [0, 0.1) is 5.82 Å². The smallest absolute Gasteiger partial charge is 0.273 e. The maximum absolute atomic E-state index is 13.3. The molecule has 4 rings (SSSR count). The Kier molecular flexibility index (Phi) is 4.44. The van der Waals surface area contributed by atoms with E-state index in [0.29, 0.717) is 30.1 Å². The number of hydrogen-bond acceptors (Lipinski definition) is 7. The van der Waals surface area contributed by atoms with Gasteiger partial charge in [-0.15, -0.1) is 10.2 Å². The summed E-state index contributed by atoms with van der Waals surface area (Å²) in [5, 5.41) is 23.7. The lowest BCUT2D eigenvalue weighted by molar-refractivity contribution is 0.0892. The standard InChI is InChI=1S/C18H17FN4O4/c1-9(24)17-21-22-18(26-17)11-6-13(7-11)20-16(25)14-8-15(27-23-14)10-3-2-4-12(19)5-10/h2-5,8-9,11,13,24H,6-7H2,1H3,(H,20,25)/t9-,11-,13+/m1/s1. The summed E-state index contributed by atoms with van der Waals surface area (Å²) >= 11 is 0. The third-order valence-corrected chi connectivity index (χ3v) is 4.49. The number of hydrogen-bond donors (Lipinski definition) is 2. The van der Waals surface area contributed by atoms with Crippen molar-refractivity contribution in [1.82, 2.24) is 20.7 Å². The second-order valence-electron chi connectivity index (χ2n) is 6.58. The summed E-state index contributed by atoms with van der Waals surface area (Å²) in [6.45, 7) is 1.55. The molecule has 1 aromatic carbocycles. The van der Waals surface area contributed by atoms with Gasteiger partial charge in [-0.3, -0.25) is 4.79 Å². The third-order valence-electron chi connectivity index (χ3n) is 4.49. The highest BCUT2D eigenvalue weighted by molar-refractivity contribution is 5.93. The normalized spacial score (nSPS) is 20.1. The average Bonchev–Trinajstić information content (AvgIpc) is 3.27. The molecule has 1 aliphatic carbocycles. The number of halogens is 1. The van der Waals surface area contributed by atoms with E-state index in [9.17, 15) is 14.3 Å². The zero-order valence-corrected chi connectivity index (χ0v) is 14.4. The SMILES string of the molecule is C[C@@H](O)c1nnc([C@H]2C[C@@H](NC(=O)c3cc(-c4cccc(F)c4)on3)C2)o1. The molecule has 9 heteroatoms. The molecule has 0 unspecified atom stereocenters. The van der Waals surface area contributed by atoms with Gasteiger partial charge in [0.2, 0.25) is 11.8 Å². The number of nitrogens with one attached hydrogen (secondary N) is 1. The quantitative estimate of drug-likeness (QED) is 0.707. The van der Waals surface area contributed by atoms with Crippen molar-refractivity contribution in [3.63, 3.8) is 0 Å². The van der Waals surface area contributed by atoms with Crippen molar-refractivity contribution in [1.29, 1.82) is 0 Å². The second-order valence-corrected chi connectivity index (χ2v) is 6.58. The van der Waals surface area contributed by atoms with E-state index in [-0.39, 0.29) is 29.5 Å². The van der Waals surface area contributed by atoms with Crippen molar-refractivity contribution >= 4 is 5.91 Å². The first-order chi connectivity index (χ1) is 13.0. The lowest BCUT2D eigenvalue weighted by Crippen LogP contribution is -2.43. The molecule has 1 amide bonds. The van der Waals surface area contributed by atoms with Crippen molar-refractivity contribution < 1.29 is 23.2 Å². The minimum Gasteiger partial charge on any atom is -0.422 e. The summed E-state index contributed by atoms with van der Waals surface area (Å²) in [5.74, 6) is 0.268. The van der Waals surface area contributed by atoms with E-state index in [1.807, 2.05) is 0 Å². The maximum Gasteiger partial charge on any atom is 0.273 e. The van der Waals surface area contributed by atoms with Crippen molar-refractivity contribution in [2.24, 2.45) is 0 Å². The largest absolute Gasteiger partial charge is 0.422 e. The van der Waals surface area contributed by atoms with Gasteiger partial charge in [-0.05, 0) is 31.9 Å². The Morgan fingerprint density at radius 3 is 2.85 bits per heavy atom. The van der Waals surface area contributed by atoms with Gasteiger partial charge >= 0.3 is 0 Å². The summed E-state index contributed by atoms with van der Waals surface area (Å²) in [7, 11) is 0. The number of amides is 1. The molecule has 27 heavy (non-hydrogen) atoms. The fourth-order valence-electron chi connectivity index (χ4n) is 2.94. The molecule has 8 nitrogen and oxygen atoms in total. The van der Waals surface area contributed by atoms with Crippen LogP contribution in [0.4, 0.5) is 4.39 Å². The van der Waals surface area contributed by atoms with E-state index in [2.05, 4.69) is 20.7 Å². The predicted octanol–water partition coefficient (Wildman–Crippen LogP) is 2.59. The number of carbonyl (C=O) groups excluding carboxylic acids is 1. The first kappa shape index (κ1) is 17.3. The lowest BCUT2D eigenvalue weighted by Gasteiger charge is -2.33. The van der Waals surface area contributed by atoms with Gasteiger partial charge in [-0.1, -0.05) is 17.3 Å².